The standard InChI is InChI=1S/C32H35NO6/c34-23-11-3-1-2-4-12-24-38-32(26-13-7-5-8-14-26,27-15-9-6-10-16-27)28-19-17-25(18-20-28)31(37)39-33-29(35)21-22-30(33)36/h5-10,13-20,34H,1-4,11-12,21-24H2. The van der Waals surface area contributed by atoms with E-state index in [1.165, 1.54) is 0 Å². The summed E-state index contributed by atoms with van der Waals surface area (Å²) in [6.45, 7) is 0.775. The molecular weight excluding hydrogens is 494 g/mol. The van der Waals surface area contributed by atoms with E-state index in [9.17, 15) is 14.4 Å². The van der Waals surface area contributed by atoms with Gasteiger partial charge in [-0.3, -0.25) is 9.59 Å². The van der Waals surface area contributed by atoms with E-state index in [1.807, 2.05) is 72.8 Å². The van der Waals surface area contributed by atoms with Gasteiger partial charge in [-0.25, -0.2) is 4.79 Å². The third-order valence-corrected chi connectivity index (χ3v) is 6.94. The summed E-state index contributed by atoms with van der Waals surface area (Å²) in [4.78, 5) is 41.5. The molecule has 1 saturated heterocycles. The normalized spacial score (nSPS) is 13.6. The number of aliphatic hydroxyl groups excluding tert-OH is 1. The molecule has 7 heteroatoms. The van der Waals surface area contributed by atoms with Gasteiger partial charge in [0.05, 0.1) is 5.56 Å². The van der Waals surface area contributed by atoms with Crippen LogP contribution in [0.4, 0.5) is 0 Å². The summed E-state index contributed by atoms with van der Waals surface area (Å²) in [5.74, 6) is -1.80. The number of imide groups is 1. The van der Waals surface area contributed by atoms with Crippen molar-refractivity contribution in [2.24, 2.45) is 0 Å². The third kappa shape index (κ3) is 6.80. The van der Waals surface area contributed by atoms with E-state index in [4.69, 9.17) is 14.7 Å². The number of ether oxygens (including phenoxy) is 1. The van der Waals surface area contributed by atoms with E-state index >= 15 is 0 Å². The van der Waals surface area contributed by atoms with Crippen molar-refractivity contribution in [3.05, 3.63) is 107 Å². The minimum atomic E-state index is -0.914. The summed E-state index contributed by atoms with van der Waals surface area (Å²) in [7, 11) is 0. The monoisotopic (exact) mass is 529 g/mol. The van der Waals surface area contributed by atoms with Crippen LogP contribution >= 0.6 is 0 Å². The van der Waals surface area contributed by atoms with Crippen molar-refractivity contribution < 1.29 is 29.1 Å². The maximum atomic E-state index is 12.7. The molecular formula is C32H35NO6. The van der Waals surface area contributed by atoms with Crippen molar-refractivity contribution >= 4 is 17.8 Å². The van der Waals surface area contributed by atoms with Crippen molar-refractivity contribution in [1.29, 1.82) is 0 Å². The highest BCUT2D eigenvalue weighted by molar-refractivity contribution is 6.02. The zero-order chi connectivity index (χ0) is 27.5. The molecule has 0 saturated carbocycles. The summed E-state index contributed by atoms with van der Waals surface area (Å²) < 4.78 is 6.80. The fourth-order valence-corrected chi connectivity index (χ4v) is 4.88. The summed E-state index contributed by atoms with van der Waals surface area (Å²) in [5, 5.41) is 9.54. The fraction of sp³-hybridized carbons (Fsp3) is 0.344. The summed E-state index contributed by atoms with van der Waals surface area (Å²) in [6, 6.07) is 26.9. The lowest BCUT2D eigenvalue weighted by Gasteiger charge is -2.36. The number of benzene rings is 3. The maximum absolute atomic E-state index is 12.7. The summed E-state index contributed by atoms with van der Waals surface area (Å²) in [6.07, 6.45) is 6.07. The Bertz CT molecular complexity index is 1170. The Morgan fingerprint density at radius 1 is 0.692 bits per heavy atom. The molecule has 3 aromatic carbocycles. The quantitative estimate of drug-likeness (QED) is 0.167. The number of carbonyl (C=O) groups is 3. The molecule has 0 atom stereocenters. The van der Waals surface area contributed by atoms with Crippen LogP contribution < -0.4 is 0 Å². The van der Waals surface area contributed by atoms with E-state index in [1.54, 1.807) is 12.1 Å². The van der Waals surface area contributed by atoms with Gasteiger partial charge in [-0.1, -0.05) is 98.5 Å². The third-order valence-electron chi connectivity index (χ3n) is 6.94. The number of carbonyl (C=O) groups excluding carboxylic acids is 3. The van der Waals surface area contributed by atoms with Gasteiger partial charge >= 0.3 is 5.97 Å². The number of hydrogen-bond donors (Lipinski definition) is 1. The zero-order valence-corrected chi connectivity index (χ0v) is 22.1. The number of hydroxylamine groups is 2. The van der Waals surface area contributed by atoms with Gasteiger partial charge in [0.25, 0.3) is 11.8 Å². The van der Waals surface area contributed by atoms with Crippen LogP contribution in [0.5, 0.6) is 0 Å². The molecule has 1 aliphatic rings. The fourth-order valence-electron chi connectivity index (χ4n) is 4.88. The van der Waals surface area contributed by atoms with Gasteiger partial charge in [0, 0.05) is 26.1 Å². The summed E-state index contributed by atoms with van der Waals surface area (Å²) in [5.41, 5.74) is 2.07. The molecule has 0 spiro atoms. The second-order valence-electron chi connectivity index (χ2n) is 9.64. The molecule has 0 aromatic heterocycles. The van der Waals surface area contributed by atoms with Crippen LogP contribution in [0.25, 0.3) is 0 Å². The molecule has 0 bridgehead atoms. The van der Waals surface area contributed by atoms with E-state index < -0.39 is 23.4 Å². The van der Waals surface area contributed by atoms with Crippen molar-refractivity contribution in [3.8, 4) is 0 Å². The molecule has 39 heavy (non-hydrogen) atoms. The van der Waals surface area contributed by atoms with Gasteiger partial charge in [-0.2, -0.15) is 0 Å². The lowest BCUT2D eigenvalue weighted by molar-refractivity contribution is -0.172. The van der Waals surface area contributed by atoms with Gasteiger partial charge in [0.15, 0.2) is 0 Å². The first-order valence-electron chi connectivity index (χ1n) is 13.6. The van der Waals surface area contributed by atoms with Crippen LogP contribution in [0.3, 0.4) is 0 Å². The second kappa shape index (κ2) is 13.8. The smallest absolute Gasteiger partial charge is 0.363 e. The highest BCUT2D eigenvalue weighted by Gasteiger charge is 2.38. The molecule has 3 aromatic rings. The Kier molecular flexibility index (Phi) is 10.00. The number of amides is 2. The number of aliphatic hydroxyl groups is 1. The van der Waals surface area contributed by atoms with Crippen molar-refractivity contribution in [2.45, 2.75) is 57.0 Å². The van der Waals surface area contributed by atoms with Gasteiger partial charge < -0.3 is 14.7 Å². The van der Waals surface area contributed by atoms with Gasteiger partial charge in [0.2, 0.25) is 0 Å². The molecule has 0 radical (unpaired) electrons. The molecule has 1 heterocycles. The van der Waals surface area contributed by atoms with Crippen LogP contribution in [0.1, 0.15) is 78.4 Å². The topological polar surface area (TPSA) is 93.1 Å². The lowest BCUT2D eigenvalue weighted by atomic mass is 9.79. The molecule has 0 unspecified atom stereocenters. The molecule has 1 aliphatic heterocycles. The second-order valence-corrected chi connectivity index (χ2v) is 9.64. The first-order chi connectivity index (χ1) is 19.1. The highest BCUT2D eigenvalue weighted by atomic mass is 16.7. The Hall–Kier alpha value is -3.81. The minimum Gasteiger partial charge on any atom is -0.396 e. The minimum absolute atomic E-state index is 0.0434. The summed E-state index contributed by atoms with van der Waals surface area (Å²) >= 11 is 0. The Morgan fingerprint density at radius 3 is 1.72 bits per heavy atom. The Morgan fingerprint density at radius 2 is 1.18 bits per heavy atom. The van der Waals surface area contributed by atoms with Crippen LogP contribution in [0.2, 0.25) is 0 Å². The number of rotatable bonds is 14. The average Bonchev–Trinajstić information content (AvgIpc) is 3.30. The van der Waals surface area contributed by atoms with Gasteiger partial charge in [-0.15, -0.1) is 5.06 Å². The average molecular weight is 530 g/mol. The first kappa shape index (κ1) is 28.2. The molecule has 7 nitrogen and oxygen atoms in total. The van der Waals surface area contributed by atoms with Gasteiger partial charge in [0.1, 0.15) is 5.60 Å². The predicted octanol–water partition coefficient (Wildman–Crippen LogP) is 5.55. The van der Waals surface area contributed by atoms with E-state index in [0.717, 1.165) is 55.2 Å². The molecule has 4 rings (SSSR count). The van der Waals surface area contributed by atoms with Crippen LogP contribution in [0, 0.1) is 0 Å². The molecule has 2 amide bonds. The maximum Gasteiger partial charge on any atom is 0.363 e. The SMILES string of the molecule is O=C(ON1C(=O)CCC1=O)c1ccc(C(OCCCCCCCCO)(c2ccccc2)c2ccccc2)cc1. The largest absolute Gasteiger partial charge is 0.396 e. The van der Waals surface area contributed by atoms with Crippen LogP contribution in [-0.4, -0.2) is 41.2 Å². The number of hydrogen-bond acceptors (Lipinski definition) is 6. The molecule has 0 aliphatic carbocycles. The Balaban J connectivity index is 1.60. The van der Waals surface area contributed by atoms with Crippen LogP contribution in [-0.2, 0) is 24.8 Å². The molecule has 204 valence electrons. The van der Waals surface area contributed by atoms with Crippen molar-refractivity contribution in [3.63, 3.8) is 0 Å². The molecule has 1 N–H and O–H groups in total. The zero-order valence-electron chi connectivity index (χ0n) is 22.1. The number of nitrogens with zero attached hydrogens (tertiary/aromatic N) is 1. The van der Waals surface area contributed by atoms with Crippen molar-refractivity contribution in [2.75, 3.05) is 13.2 Å². The van der Waals surface area contributed by atoms with E-state index in [2.05, 4.69) is 0 Å². The number of unbranched alkanes of at least 4 members (excludes halogenated alkanes) is 5. The van der Waals surface area contributed by atoms with Crippen LogP contribution in [0.15, 0.2) is 84.9 Å². The van der Waals surface area contributed by atoms with E-state index in [0.29, 0.717) is 11.7 Å². The highest BCUT2D eigenvalue weighted by Crippen LogP contribution is 2.40. The first-order valence-corrected chi connectivity index (χ1v) is 13.6. The Labute approximate surface area is 229 Å². The van der Waals surface area contributed by atoms with Crippen molar-refractivity contribution in [1.82, 2.24) is 5.06 Å². The van der Waals surface area contributed by atoms with E-state index in [-0.39, 0.29) is 25.0 Å². The molecule has 1 fully saturated rings. The van der Waals surface area contributed by atoms with Gasteiger partial charge in [-0.05, 0) is 41.7 Å². The lowest BCUT2D eigenvalue weighted by Crippen LogP contribution is -2.34. The predicted molar refractivity (Wildman–Crippen MR) is 146 cm³/mol.